The van der Waals surface area contributed by atoms with Crippen LogP contribution in [-0.4, -0.2) is 29.6 Å². The third-order valence-electron chi connectivity index (χ3n) is 3.22. The minimum Gasteiger partial charge on any atom is -0.330 e. The molecule has 0 bridgehead atoms. The molecule has 114 valence electrons. The molecule has 6 nitrogen and oxygen atoms in total. The molecule has 1 saturated heterocycles. The molecule has 1 aliphatic rings. The molecule has 1 aliphatic heterocycles. The van der Waals surface area contributed by atoms with Crippen LogP contribution < -0.4 is 21.5 Å². The Kier molecular flexibility index (Phi) is 4.57. The number of fused-ring (bicyclic) bond motifs is 1. The van der Waals surface area contributed by atoms with E-state index in [-0.39, 0.29) is 29.6 Å². The van der Waals surface area contributed by atoms with Gasteiger partial charge in [-0.15, -0.1) is 11.8 Å². The van der Waals surface area contributed by atoms with Crippen LogP contribution in [0, 0.1) is 0 Å². The van der Waals surface area contributed by atoms with Crippen LogP contribution in [0.4, 0.5) is 5.69 Å². The van der Waals surface area contributed by atoms with Crippen molar-refractivity contribution in [3.8, 4) is 0 Å². The van der Waals surface area contributed by atoms with E-state index in [4.69, 9.17) is 0 Å². The highest BCUT2D eigenvalue weighted by Crippen LogP contribution is 2.23. The first-order chi connectivity index (χ1) is 10.7. The predicted octanol–water partition coefficient (Wildman–Crippen LogP) is 1.02. The van der Waals surface area contributed by atoms with Gasteiger partial charge in [0.25, 0.3) is 0 Å². The Morgan fingerprint density at radius 3 is 2.91 bits per heavy atom. The molecule has 0 radical (unpaired) electrons. The van der Waals surface area contributed by atoms with E-state index >= 15 is 0 Å². The van der Waals surface area contributed by atoms with Gasteiger partial charge < -0.3 is 10.6 Å². The highest BCUT2D eigenvalue weighted by Gasteiger charge is 2.18. The summed E-state index contributed by atoms with van der Waals surface area (Å²) in [7, 11) is 0. The molecule has 0 aromatic heterocycles. The summed E-state index contributed by atoms with van der Waals surface area (Å²) >= 11 is 1.32. The van der Waals surface area contributed by atoms with Crippen molar-refractivity contribution in [3.63, 3.8) is 0 Å². The SMILES string of the molecule is O=C(CSC1NNCC(=O)N1)Nc1cccc2ccccc12. The molecule has 2 aromatic rings. The standard InChI is InChI=1S/C15H16N4O2S/c20-13-8-16-19-15(18-13)22-9-14(21)17-12-7-3-5-10-4-1-2-6-11(10)12/h1-7,15-16,19H,8-9H2,(H,17,21)(H,18,20). The summed E-state index contributed by atoms with van der Waals surface area (Å²) < 4.78 is 0. The van der Waals surface area contributed by atoms with Crippen molar-refractivity contribution >= 4 is 40.0 Å². The topological polar surface area (TPSA) is 82.3 Å². The van der Waals surface area contributed by atoms with Crippen LogP contribution in [0.2, 0.25) is 0 Å². The van der Waals surface area contributed by atoms with Gasteiger partial charge >= 0.3 is 0 Å². The first-order valence-electron chi connectivity index (χ1n) is 6.89. The van der Waals surface area contributed by atoms with E-state index in [9.17, 15) is 9.59 Å². The molecule has 22 heavy (non-hydrogen) atoms. The molecule has 4 N–H and O–H groups in total. The fourth-order valence-electron chi connectivity index (χ4n) is 2.22. The molecule has 1 atom stereocenters. The maximum atomic E-state index is 12.1. The van der Waals surface area contributed by atoms with Crippen LogP contribution in [0.3, 0.4) is 0 Å². The van der Waals surface area contributed by atoms with Gasteiger partial charge in [-0.3, -0.25) is 9.59 Å². The van der Waals surface area contributed by atoms with Gasteiger partial charge in [-0.2, -0.15) is 0 Å². The average molecular weight is 316 g/mol. The van der Waals surface area contributed by atoms with E-state index < -0.39 is 0 Å². The summed E-state index contributed by atoms with van der Waals surface area (Å²) in [4.78, 5) is 23.3. The fourth-order valence-corrected chi connectivity index (χ4v) is 2.99. The van der Waals surface area contributed by atoms with Crippen molar-refractivity contribution in [1.29, 1.82) is 0 Å². The number of amides is 2. The van der Waals surface area contributed by atoms with Crippen LogP contribution in [0.1, 0.15) is 0 Å². The van der Waals surface area contributed by atoms with Crippen LogP contribution >= 0.6 is 11.8 Å². The number of carbonyl (C=O) groups is 2. The molecule has 1 heterocycles. The summed E-state index contributed by atoms with van der Waals surface area (Å²) in [6.45, 7) is 0.235. The normalized spacial score (nSPS) is 18.0. The Labute approximate surface area is 132 Å². The minimum absolute atomic E-state index is 0.0919. The van der Waals surface area contributed by atoms with Gasteiger partial charge in [-0.1, -0.05) is 36.4 Å². The Bertz CT molecular complexity index is 702. The molecule has 2 aromatic carbocycles. The van der Waals surface area contributed by atoms with Crippen LogP contribution in [-0.2, 0) is 9.59 Å². The van der Waals surface area contributed by atoms with Crippen molar-refractivity contribution in [2.45, 2.75) is 5.50 Å². The van der Waals surface area contributed by atoms with Crippen molar-refractivity contribution in [2.24, 2.45) is 0 Å². The minimum atomic E-state index is -0.306. The van der Waals surface area contributed by atoms with Crippen molar-refractivity contribution in [1.82, 2.24) is 16.2 Å². The molecule has 1 unspecified atom stereocenters. The van der Waals surface area contributed by atoms with Gasteiger partial charge in [0.1, 0.15) is 5.50 Å². The second-order valence-electron chi connectivity index (χ2n) is 4.83. The second-order valence-corrected chi connectivity index (χ2v) is 5.92. The monoisotopic (exact) mass is 316 g/mol. The molecule has 1 fully saturated rings. The smallest absolute Gasteiger partial charge is 0.237 e. The lowest BCUT2D eigenvalue weighted by atomic mass is 10.1. The van der Waals surface area contributed by atoms with Gasteiger partial charge in [0.15, 0.2) is 0 Å². The second kappa shape index (κ2) is 6.78. The van der Waals surface area contributed by atoms with E-state index in [0.717, 1.165) is 16.5 Å². The lowest BCUT2D eigenvalue weighted by Crippen LogP contribution is -2.58. The van der Waals surface area contributed by atoms with Crippen molar-refractivity contribution in [2.75, 3.05) is 17.6 Å². The Morgan fingerprint density at radius 1 is 1.23 bits per heavy atom. The van der Waals surface area contributed by atoms with E-state index in [1.807, 2.05) is 42.5 Å². The molecule has 3 rings (SSSR count). The number of benzene rings is 2. The number of carbonyl (C=O) groups excluding carboxylic acids is 2. The summed E-state index contributed by atoms with van der Waals surface area (Å²) in [6.07, 6.45) is 0. The van der Waals surface area contributed by atoms with E-state index in [1.165, 1.54) is 11.8 Å². The maximum absolute atomic E-state index is 12.1. The molecule has 0 aliphatic carbocycles. The van der Waals surface area contributed by atoms with Crippen LogP contribution in [0.25, 0.3) is 10.8 Å². The molecule has 2 amide bonds. The zero-order valence-electron chi connectivity index (χ0n) is 11.8. The highest BCUT2D eigenvalue weighted by molar-refractivity contribution is 8.00. The molecular formula is C15H16N4O2S. The number of rotatable bonds is 4. The van der Waals surface area contributed by atoms with E-state index in [0.29, 0.717) is 0 Å². The van der Waals surface area contributed by atoms with Crippen LogP contribution in [0.5, 0.6) is 0 Å². The zero-order chi connectivity index (χ0) is 15.4. The quantitative estimate of drug-likeness (QED) is 0.677. The lowest BCUT2D eigenvalue weighted by Gasteiger charge is -2.24. The number of hydrazine groups is 1. The van der Waals surface area contributed by atoms with Crippen LogP contribution in [0.15, 0.2) is 42.5 Å². The summed E-state index contributed by atoms with van der Waals surface area (Å²) in [5.74, 6) is 0.0386. The third kappa shape index (κ3) is 3.56. The zero-order valence-corrected chi connectivity index (χ0v) is 12.6. The van der Waals surface area contributed by atoms with Crippen molar-refractivity contribution in [3.05, 3.63) is 42.5 Å². The lowest BCUT2D eigenvalue weighted by molar-refractivity contribution is -0.122. The number of hydrogen-bond donors (Lipinski definition) is 4. The van der Waals surface area contributed by atoms with Gasteiger partial charge in [-0.25, -0.2) is 10.9 Å². The largest absolute Gasteiger partial charge is 0.330 e. The first kappa shape index (κ1) is 14.8. The van der Waals surface area contributed by atoms with Gasteiger partial charge in [0, 0.05) is 11.1 Å². The fraction of sp³-hybridized carbons (Fsp3) is 0.200. The number of nitrogens with one attached hydrogen (secondary N) is 4. The molecule has 7 heteroatoms. The maximum Gasteiger partial charge on any atom is 0.237 e. The van der Waals surface area contributed by atoms with E-state index in [1.54, 1.807) is 0 Å². The third-order valence-corrected chi connectivity index (χ3v) is 4.22. The Hall–Kier alpha value is -2.09. The Morgan fingerprint density at radius 2 is 2.05 bits per heavy atom. The molecule has 0 spiro atoms. The van der Waals surface area contributed by atoms with E-state index in [2.05, 4.69) is 21.5 Å². The Balaban J connectivity index is 1.60. The average Bonchev–Trinajstić information content (AvgIpc) is 2.53. The van der Waals surface area contributed by atoms with Gasteiger partial charge in [-0.05, 0) is 11.5 Å². The summed E-state index contributed by atoms with van der Waals surface area (Å²) in [6, 6.07) is 13.7. The molecule has 0 saturated carbocycles. The number of anilines is 1. The van der Waals surface area contributed by atoms with Gasteiger partial charge in [0.05, 0.1) is 12.3 Å². The highest BCUT2D eigenvalue weighted by atomic mass is 32.2. The number of thioether (sulfide) groups is 1. The summed E-state index contributed by atoms with van der Waals surface area (Å²) in [5.41, 5.74) is 6.15. The molecular weight excluding hydrogens is 300 g/mol. The van der Waals surface area contributed by atoms with Crippen molar-refractivity contribution < 1.29 is 9.59 Å². The summed E-state index contributed by atoms with van der Waals surface area (Å²) in [5, 5.41) is 7.74. The van der Waals surface area contributed by atoms with Gasteiger partial charge in [0.2, 0.25) is 11.8 Å². The predicted molar refractivity (Wildman–Crippen MR) is 88.1 cm³/mol. The number of hydrogen-bond acceptors (Lipinski definition) is 5. The first-order valence-corrected chi connectivity index (χ1v) is 7.94.